The Morgan fingerprint density at radius 2 is 1.90 bits per heavy atom. The van der Waals surface area contributed by atoms with Gasteiger partial charge in [0.25, 0.3) is 0 Å². The molecular formula is C16H26BrN3O. The van der Waals surface area contributed by atoms with Crippen molar-refractivity contribution in [2.75, 3.05) is 19.0 Å². The highest BCUT2D eigenvalue weighted by Gasteiger charge is 2.37. The molecule has 0 amide bonds. The average molecular weight is 356 g/mol. The monoisotopic (exact) mass is 355 g/mol. The summed E-state index contributed by atoms with van der Waals surface area (Å²) in [5.41, 5.74) is 0.756. The molecule has 1 fully saturated rings. The molecule has 1 N–H and O–H groups in total. The zero-order valence-corrected chi connectivity index (χ0v) is 14.9. The number of anilines is 1. The van der Waals surface area contributed by atoms with Crippen LogP contribution >= 0.6 is 15.9 Å². The zero-order chi connectivity index (χ0) is 15.3. The van der Waals surface area contributed by atoms with Gasteiger partial charge in [-0.15, -0.1) is 0 Å². The number of hydrogen-bond acceptors (Lipinski definition) is 4. The van der Waals surface area contributed by atoms with Gasteiger partial charge in [-0.3, -0.25) is 0 Å². The minimum absolute atomic E-state index is 0.300. The van der Waals surface area contributed by atoms with E-state index in [1.54, 1.807) is 7.11 Å². The number of methoxy groups -OCH3 is 1. The highest BCUT2D eigenvalue weighted by Crippen LogP contribution is 2.39. The highest BCUT2D eigenvalue weighted by molar-refractivity contribution is 9.10. The standard InChI is InChI=1S/C16H26BrN3O/c1-4-11-18-14-13(17)12(5-2)19-15(20-14)16(21-3)9-7-6-8-10-16/h4-11H2,1-3H3,(H,18,19,20). The maximum atomic E-state index is 5.90. The zero-order valence-electron chi connectivity index (χ0n) is 13.3. The van der Waals surface area contributed by atoms with Crippen molar-refractivity contribution in [3.63, 3.8) is 0 Å². The second-order valence-corrected chi connectivity index (χ2v) is 6.49. The van der Waals surface area contributed by atoms with Gasteiger partial charge < -0.3 is 10.1 Å². The van der Waals surface area contributed by atoms with Crippen molar-refractivity contribution in [2.24, 2.45) is 0 Å². The number of rotatable bonds is 6. The van der Waals surface area contributed by atoms with E-state index in [0.717, 1.165) is 54.0 Å². The van der Waals surface area contributed by atoms with Gasteiger partial charge >= 0.3 is 0 Å². The quantitative estimate of drug-likeness (QED) is 0.819. The Balaban J connectivity index is 2.41. The molecule has 0 atom stereocenters. The maximum absolute atomic E-state index is 5.90. The van der Waals surface area contributed by atoms with E-state index in [2.05, 4.69) is 35.1 Å². The summed E-state index contributed by atoms with van der Waals surface area (Å²) in [6.45, 7) is 5.19. The molecule has 0 unspecified atom stereocenters. The normalized spacial score (nSPS) is 17.7. The third-order valence-corrected chi connectivity index (χ3v) is 5.09. The van der Waals surface area contributed by atoms with Gasteiger partial charge in [-0.05, 0) is 41.6 Å². The van der Waals surface area contributed by atoms with Crippen LogP contribution in [0.15, 0.2) is 4.47 Å². The van der Waals surface area contributed by atoms with E-state index in [9.17, 15) is 0 Å². The lowest BCUT2D eigenvalue weighted by atomic mass is 9.84. The molecule has 0 radical (unpaired) electrons. The molecule has 1 heterocycles. The lowest BCUT2D eigenvalue weighted by Crippen LogP contribution is -2.34. The third-order valence-electron chi connectivity index (χ3n) is 4.26. The largest absolute Gasteiger partial charge is 0.370 e. The van der Waals surface area contributed by atoms with Crippen LogP contribution in [0.5, 0.6) is 0 Å². The molecule has 2 rings (SSSR count). The molecule has 118 valence electrons. The van der Waals surface area contributed by atoms with Gasteiger partial charge in [0.15, 0.2) is 5.82 Å². The molecular weight excluding hydrogens is 330 g/mol. The van der Waals surface area contributed by atoms with Gasteiger partial charge in [0.1, 0.15) is 11.4 Å². The number of ether oxygens (including phenoxy) is 1. The van der Waals surface area contributed by atoms with Crippen LogP contribution in [0.4, 0.5) is 5.82 Å². The molecule has 1 saturated carbocycles. The first-order chi connectivity index (χ1) is 10.2. The van der Waals surface area contributed by atoms with E-state index in [1.165, 1.54) is 19.3 Å². The molecule has 0 aromatic carbocycles. The number of hydrogen-bond donors (Lipinski definition) is 1. The van der Waals surface area contributed by atoms with E-state index in [-0.39, 0.29) is 5.60 Å². The fourth-order valence-corrected chi connectivity index (χ4v) is 3.53. The number of nitrogens with one attached hydrogen (secondary N) is 1. The Morgan fingerprint density at radius 1 is 1.19 bits per heavy atom. The molecule has 0 aliphatic heterocycles. The predicted octanol–water partition coefficient (Wildman–Crippen LogP) is 4.43. The summed E-state index contributed by atoms with van der Waals surface area (Å²) in [5.74, 6) is 1.75. The van der Waals surface area contributed by atoms with Crippen LogP contribution < -0.4 is 5.32 Å². The van der Waals surface area contributed by atoms with Gasteiger partial charge in [0.2, 0.25) is 0 Å². The summed E-state index contributed by atoms with van der Waals surface area (Å²) in [4.78, 5) is 9.59. The number of aromatic nitrogens is 2. The van der Waals surface area contributed by atoms with Gasteiger partial charge in [-0.25, -0.2) is 9.97 Å². The van der Waals surface area contributed by atoms with Crippen LogP contribution in [0.25, 0.3) is 0 Å². The molecule has 1 aromatic heterocycles. The van der Waals surface area contributed by atoms with E-state index >= 15 is 0 Å². The fraction of sp³-hybridized carbons (Fsp3) is 0.750. The van der Waals surface area contributed by atoms with Crippen LogP contribution in [0.3, 0.4) is 0 Å². The molecule has 1 aromatic rings. The summed E-state index contributed by atoms with van der Waals surface area (Å²) >= 11 is 3.64. The van der Waals surface area contributed by atoms with Crippen LogP contribution in [0.1, 0.15) is 63.9 Å². The van der Waals surface area contributed by atoms with Crippen LogP contribution in [-0.4, -0.2) is 23.6 Å². The van der Waals surface area contributed by atoms with Gasteiger partial charge in [-0.1, -0.05) is 33.1 Å². The predicted molar refractivity (Wildman–Crippen MR) is 89.7 cm³/mol. The summed E-state index contributed by atoms with van der Waals surface area (Å²) in [7, 11) is 1.79. The molecule has 0 bridgehead atoms. The SMILES string of the molecule is CCCNc1nc(C2(OC)CCCCC2)nc(CC)c1Br. The molecule has 1 aliphatic rings. The molecule has 21 heavy (non-hydrogen) atoms. The topological polar surface area (TPSA) is 47.0 Å². The van der Waals surface area contributed by atoms with Crippen molar-refractivity contribution in [2.45, 2.75) is 64.4 Å². The maximum Gasteiger partial charge on any atom is 0.162 e. The van der Waals surface area contributed by atoms with E-state index in [0.29, 0.717) is 0 Å². The van der Waals surface area contributed by atoms with Crippen molar-refractivity contribution in [3.05, 3.63) is 16.0 Å². The first kappa shape index (κ1) is 16.7. The number of aryl methyl sites for hydroxylation is 1. The third kappa shape index (κ3) is 3.57. The van der Waals surface area contributed by atoms with Crippen molar-refractivity contribution in [1.82, 2.24) is 9.97 Å². The Labute approximate surface area is 136 Å². The number of halogens is 1. The Morgan fingerprint density at radius 3 is 2.48 bits per heavy atom. The van der Waals surface area contributed by atoms with Gasteiger partial charge in [0.05, 0.1) is 10.2 Å². The van der Waals surface area contributed by atoms with Crippen molar-refractivity contribution >= 4 is 21.7 Å². The number of nitrogens with zero attached hydrogens (tertiary/aromatic N) is 2. The lowest BCUT2D eigenvalue weighted by molar-refractivity contribution is -0.0515. The molecule has 5 heteroatoms. The second-order valence-electron chi connectivity index (χ2n) is 5.70. The van der Waals surface area contributed by atoms with Crippen LogP contribution in [-0.2, 0) is 16.8 Å². The summed E-state index contributed by atoms with van der Waals surface area (Å²) in [6.07, 6.45) is 7.64. The van der Waals surface area contributed by atoms with Crippen molar-refractivity contribution in [3.8, 4) is 0 Å². The van der Waals surface area contributed by atoms with E-state index in [1.807, 2.05) is 0 Å². The highest BCUT2D eigenvalue weighted by atomic mass is 79.9. The van der Waals surface area contributed by atoms with E-state index < -0.39 is 0 Å². The molecule has 0 saturated heterocycles. The van der Waals surface area contributed by atoms with Crippen molar-refractivity contribution in [1.29, 1.82) is 0 Å². The minimum Gasteiger partial charge on any atom is -0.370 e. The van der Waals surface area contributed by atoms with Crippen LogP contribution in [0, 0.1) is 0 Å². The summed E-state index contributed by atoms with van der Waals surface area (Å²) in [6, 6.07) is 0. The first-order valence-electron chi connectivity index (χ1n) is 8.02. The van der Waals surface area contributed by atoms with Gasteiger partial charge in [-0.2, -0.15) is 0 Å². The molecule has 1 aliphatic carbocycles. The molecule has 4 nitrogen and oxygen atoms in total. The Kier molecular flexibility index (Phi) is 5.99. The lowest BCUT2D eigenvalue weighted by Gasteiger charge is -2.35. The Hall–Kier alpha value is -0.680. The second kappa shape index (κ2) is 7.54. The fourth-order valence-electron chi connectivity index (χ4n) is 2.93. The first-order valence-corrected chi connectivity index (χ1v) is 8.82. The summed E-state index contributed by atoms with van der Waals surface area (Å²) < 4.78 is 6.89. The summed E-state index contributed by atoms with van der Waals surface area (Å²) in [5, 5.41) is 3.40. The minimum atomic E-state index is -0.300. The average Bonchev–Trinajstić information content (AvgIpc) is 2.54. The van der Waals surface area contributed by atoms with Crippen molar-refractivity contribution < 1.29 is 4.74 Å². The smallest absolute Gasteiger partial charge is 0.162 e. The van der Waals surface area contributed by atoms with Gasteiger partial charge in [0, 0.05) is 13.7 Å². The Bertz CT molecular complexity index is 473. The molecule has 0 spiro atoms. The van der Waals surface area contributed by atoms with E-state index in [4.69, 9.17) is 14.7 Å². The van der Waals surface area contributed by atoms with Crippen LogP contribution in [0.2, 0.25) is 0 Å².